The molecule has 0 amide bonds. The highest BCUT2D eigenvalue weighted by Gasteiger charge is 2.24. The van der Waals surface area contributed by atoms with Crippen molar-refractivity contribution < 1.29 is 13.2 Å². The fraction of sp³-hybridized carbons (Fsp3) is 0.647. The molecule has 23 heavy (non-hydrogen) atoms. The first kappa shape index (κ1) is 18.2. The Morgan fingerprint density at radius 3 is 2.61 bits per heavy atom. The van der Waals surface area contributed by atoms with Gasteiger partial charge >= 0.3 is 0 Å². The topological polar surface area (TPSA) is 81.4 Å². The third-order valence-corrected chi connectivity index (χ3v) is 5.91. The van der Waals surface area contributed by atoms with E-state index in [9.17, 15) is 8.42 Å². The number of benzene rings is 1. The molecule has 1 fully saturated rings. The monoisotopic (exact) mass is 340 g/mol. The summed E-state index contributed by atoms with van der Waals surface area (Å²) in [6.45, 7) is 5.48. The largest absolute Gasteiger partial charge is 0.495 e. The van der Waals surface area contributed by atoms with Crippen molar-refractivity contribution in [3.8, 4) is 5.75 Å². The summed E-state index contributed by atoms with van der Waals surface area (Å²) >= 11 is 0. The van der Waals surface area contributed by atoms with E-state index in [1.165, 1.54) is 26.4 Å². The number of hydrogen-bond acceptors (Lipinski definition) is 4. The molecule has 0 saturated heterocycles. The average Bonchev–Trinajstić information content (AvgIpc) is 2.50. The van der Waals surface area contributed by atoms with Crippen LogP contribution < -0.4 is 15.2 Å². The van der Waals surface area contributed by atoms with Crippen molar-refractivity contribution in [2.75, 3.05) is 13.7 Å². The minimum absolute atomic E-state index is 0.0533. The van der Waals surface area contributed by atoms with Gasteiger partial charge in [-0.05, 0) is 61.8 Å². The zero-order valence-corrected chi connectivity index (χ0v) is 15.0. The van der Waals surface area contributed by atoms with E-state index >= 15 is 0 Å². The Bertz CT molecular complexity index is 631. The maximum atomic E-state index is 11.6. The van der Waals surface area contributed by atoms with Crippen LogP contribution in [0.3, 0.4) is 0 Å². The van der Waals surface area contributed by atoms with Gasteiger partial charge in [-0.15, -0.1) is 0 Å². The van der Waals surface area contributed by atoms with E-state index in [-0.39, 0.29) is 4.90 Å². The van der Waals surface area contributed by atoms with Gasteiger partial charge in [0.1, 0.15) is 10.6 Å². The van der Waals surface area contributed by atoms with Crippen molar-refractivity contribution in [1.29, 1.82) is 0 Å². The van der Waals surface area contributed by atoms with Crippen LogP contribution in [0.5, 0.6) is 5.75 Å². The van der Waals surface area contributed by atoms with Gasteiger partial charge in [0.2, 0.25) is 10.0 Å². The van der Waals surface area contributed by atoms with Crippen LogP contribution >= 0.6 is 0 Å². The molecule has 6 heteroatoms. The van der Waals surface area contributed by atoms with Crippen LogP contribution in [0, 0.1) is 11.8 Å². The molecule has 0 unspecified atom stereocenters. The number of rotatable bonds is 6. The normalized spacial score (nSPS) is 25.3. The van der Waals surface area contributed by atoms with Crippen LogP contribution in [-0.4, -0.2) is 28.1 Å². The molecular formula is C17H28N2O3S. The zero-order chi connectivity index (χ0) is 17.0. The van der Waals surface area contributed by atoms with E-state index in [4.69, 9.17) is 9.88 Å². The van der Waals surface area contributed by atoms with Gasteiger partial charge in [0.25, 0.3) is 0 Å². The van der Waals surface area contributed by atoms with Gasteiger partial charge in [-0.2, -0.15) is 0 Å². The highest BCUT2D eigenvalue weighted by molar-refractivity contribution is 7.89. The molecule has 2 rings (SSSR count). The lowest BCUT2D eigenvalue weighted by Gasteiger charge is -2.32. The molecule has 0 bridgehead atoms. The average molecular weight is 340 g/mol. The third kappa shape index (κ3) is 4.93. The maximum absolute atomic E-state index is 11.6. The molecule has 1 aromatic carbocycles. The predicted molar refractivity (Wildman–Crippen MR) is 92.0 cm³/mol. The lowest BCUT2D eigenvalue weighted by atomic mass is 9.79. The van der Waals surface area contributed by atoms with E-state index in [2.05, 4.69) is 19.2 Å². The minimum atomic E-state index is -3.77. The second-order valence-electron chi connectivity index (χ2n) is 6.70. The Kier molecular flexibility index (Phi) is 6.06. The summed E-state index contributed by atoms with van der Waals surface area (Å²) in [5.74, 6) is 1.86. The summed E-state index contributed by atoms with van der Waals surface area (Å²) in [6, 6.07) is 5.74. The zero-order valence-electron chi connectivity index (χ0n) is 14.2. The summed E-state index contributed by atoms with van der Waals surface area (Å²) in [7, 11) is -2.33. The number of methoxy groups -OCH3 is 1. The molecule has 1 aromatic rings. The number of primary sulfonamides is 1. The molecule has 0 spiro atoms. The van der Waals surface area contributed by atoms with Gasteiger partial charge in [0.05, 0.1) is 7.11 Å². The second kappa shape index (κ2) is 7.64. The maximum Gasteiger partial charge on any atom is 0.241 e. The van der Waals surface area contributed by atoms with Gasteiger partial charge in [0, 0.05) is 6.04 Å². The van der Waals surface area contributed by atoms with Crippen LogP contribution in [0.25, 0.3) is 0 Å². The van der Waals surface area contributed by atoms with Crippen molar-refractivity contribution in [1.82, 2.24) is 5.32 Å². The summed E-state index contributed by atoms with van der Waals surface area (Å²) in [5.41, 5.74) is 0.944. The van der Waals surface area contributed by atoms with Crippen LogP contribution in [-0.2, 0) is 16.4 Å². The first-order chi connectivity index (χ1) is 10.8. The number of ether oxygens (including phenoxy) is 1. The Morgan fingerprint density at radius 2 is 2.00 bits per heavy atom. The van der Waals surface area contributed by atoms with Crippen LogP contribution in [0.2, 0.25) is 0 Å². The fourth-order valence-corrected chi connectivity index (χ4v) is 4.00. The Balaban J connectivity index is 1.94. The van der Waals surface area contributed by atoms with Crippen LogP contribution in [0.1, 0.15) is 38.7 Å². The molecule has 5 nitrogen and oxygen atoms in total. The van der Waals surface area contributed by atoms with Crippen molar-refractivity contribution in [2.45, 2.75) is 50.5 Å². The van der Waals surface area contributed by atoms with Gasteiger partial charge in [-0.3, -0.25) is 0 Å². The van der Waals surface area contributed by atoms with Crippen molar-refractivity contribution >= 4 is 10.0 Å². The molecule has 1 saturated carbocycles. The second-order valence-corrected chi connectivity index (χ2v) is 8.23. The third-order valence-electron chi connectivity index (χ3n) is 4.98. The molecular weight excluding hydrogens is 312 g/mol. The van der Waals surface area contributed by atoms with Gasteiger partial charge in [-0.1, -0.05) is 19.9 Å². The molecule has 0 aliphatic heterocycles. The Hall–Kier alpha value is -1.11. The summed E-state index contributed by atoms with van der Waals surface area (Å²) in [5, 5.41) is 8.85. The molecule has 130 valence electrons. The van der Waals surface area contributed by atoms with Gasteiger partial charge in [-0.25, -0.2) is 13.6 Å². The Morgan fingerprint density at radius 1 is 1.26 bits per heavy atom. The fourth-order valence-electron chi connectivity index (χ4n) is 3.25. The summed E-state index contributed by atoms with van der Waals surface area (Å²) in [4.78, 5) is 0.0533. The van der Waals surface area contributed by atoms with E-state index in [1.54, 1.807) is 12.1 Å². The highest BCUT2D eigenvalue weighted by Crippen LogP contribution is 2.29. The predicted octanol–water partition coefficient (Wildman–Crippen LogP) is 2.30. The molecule has 0 radical (unpaired) electrons. The number of nitrogens with one attached hydrogen (secondary N) is 1. The van der Waals surface area contributed by atoms with Crippen LogP contribution in [0.4, 0.5) is 0 Å². The molecule has 1 aliphatic carbocycles. The summed E-state index contributed by atoms with van der Waals surface area (Å²) < 4.78 is 28.3. The van der Waals surface area contributed by atoms with Crippen LogP contribution in [0.15, 0.2) is 23.1 Å². The standard InChI is InChI=1S/C17H28N2O3S/c1-12-4-6-15(10-13(12)2)19-9-8-14-5-7-16(22-3)17(11-14)23(18,20)21/h5,7,11-13,15,19H,4,6,8-10H2,1-3H3,(H2,18,20,21)/t12-,13+,15-/m1/s1. The first-order valence-corrected chi connectivity index (χ1v) is 9.79. The van der Waals surface area contributed by atoms with Gasteiger partial charge in [0.15, 0.2) is 0 Å². The molecule has 0 heterocycles. The molecule has 3 atom stereocenters. The number of sulfonamides is 1. The van der Waals surface area contributed by atoms with Gasteiger partial charge < -0.3 is 10.1 Å². The lowest BCUT2D eigenvalue weighted by molar-refractivity contribution is 0.227. The SMILES string of the molecule is COc1ccc(CCN[C@@H]2CC[C@@H](C)[C@@H](C)C2)cc1S(N)(=O)=O. The van der Waals surface area contributed by atoms with Crippen molar-refractivity contribution in [3.05, 3.63) is 23.8 Å². The van der Waals surface area contributed by atoms with Crippen molar-refractivity contribution in [3.63, 3.8) is 0 Å². The number of nitrogens with two attached hydrogens (primary N) is 1. The molecule has 1 aliphatic rings. The molecule has 0 aromatic heterocycles. The van der Waals surface area contributed by atoms with E-state index in [1.807, 2.05) is 6.07 Å². The quantitative estimate of drug-likeness (QED) is 0.832. The first-order valence-electron chi connectivity index (χ1n) is 8.24. The Labute approximate surface area is 139 Å². The lowest BCUT2D eigenvalue weighted by Crippen LogP contribution is -2.37. The van der Waals surface area contributed by atoms with Crippen molar-refractivity contribution in [2.24, 2.45) is 17.0 Å². The molecule has 3 N–H and O–H groups in total. The summed E-state index contributed by atoms with van der Waals surface area (Å²) in [6.07, 6.45) is 4.48. The smallest absolute Gasteiger partial charge is 0.241 e. The highest BCUT2D eigenvalue weighted by atomic mass is 32.2. The van der Waals surface area contributed by atoms with E-state index < -0.39 is 10.0 Å². The minimum Gasteiger partial charge on any atom is -0.495 e. The van der Waals surface area contributed by atoms with E-state index in [0.29, 0.717) is 11.8 Å². The van der Waals surface area contributed by atoms with E-state index in [0.717, 1.165) is 30.4 Å². The number of hydrogen-bond donors (Lipinski definition) is 2.